The maximum Gasteiger partial charge on any atom is 0.326 e. The third kappa shape index (κ3) is 3.30. The second-order valence-corrected chi connectivity index (χ2v) is 4.89. The maximum absolute atomic E-state index is 11.9. The van der Waals surface area contributed by atoms with E-state index >= 15 is 0 Å². The van der Waals surface area contributed by atoms with Crippen molar-refractivity contribution in [2.75, 3.05) is 0 Å². The quantitative estimate of drug-likeness (QED) is 0.848. The molecule has 0 aliphatic carbocycles. The van der Waals surface area contributed by atoms with Crippen molar-refractivity contribution in [3.05, 3.63) is 21.9 Å². The first-order chi connectivity index (χ1) is 7.97. The van der Waals surface area contributed by atoms with Crippen molar-refractivity contribution in [3.63, 3.8) is 0 Å². The third-order valence-corrected chi connectivity index (χ3v) is 3.73. The molecule has 0 unspecified atom stereocenters. The van der Waals surface area contributed by atoms with Crippen LogP contribution in [0.4, 0.5) is 0 Å². The van der Waals surface area contributed by atoms with Gasteiger partial charge in [-0.25, -0.2) is 4.79 Å². The van der Waals surface area contributed by atoms with E-state index in [1.807, 2.05) is 26.2 Å². The van der Waals surface area contributed by atoms with E-state index in [2.05, 4.69) is 5.32 Å². The summed E-state index contributed by atoms with van der Waals surface area (Å²) in [5.74, 6) is -1.38. The Bertz CT molecular complexity index is 414. The Morgan fingerprint density at radius 2 is 2.12 bits per heavy atom. The summed E-state index contributed by atoms with van der Waals surface area (Å²) in [6, 6.07) is -0.827. The first-order valence-corrected chi connectivity index (χ1v) is 6.48. The molecule has 2 atom stereocenters. The number of aryl methyl sites for hydroxylation is 1. The van der Waals surface area contributed by atoms with Crippen molar-refractivity contribution in [2.24, 2.45) is 5.92 Å². The van der Waals surface area contributed by atoms with E-state index in [0.717, 1.165) is 5.56 Å². The highest BCUT2D eigenvalue weighted by Crippen LogP contribution is 2.15. The van der Waals surface area contributed by atoms with Gasteiger partial charge >= 0.3 is 5.97 Å². The lowest BCUT2D eigenvalue weighted by molar-refractivity contribution is -0.140. The molecule has 0 radical (unpaired) electrons. The molecule has 0 aliphatic heterocycles. The lowest BCUT2D eigenvalue weighted by Crippen LogP contribution is -2.45. The molecule has 17 heavy (non-hydrogen) atoms. The van der Waals surface area contributed by atoms with Gasteiger partial charge in [0.1, 0.15) is 6.04 Å². The number of thiophene rings is 1. The van der Waals surface area contributed by atoms with Crippen LogP contribution in [0.1, 0.15) is 36.2 Å². The highest BCUT2D eigenvalue weighted by atomic mass is 32.1. The smallest absolute Gasteiger partial charge is 0.326 e. The minimum absolute atomic E-state index is 0.0876. The van der Waals surface area contributed by atoms with Crippen molar-refractivity contribution in [2.45, 2.75) is 33.2 Å². The van der Waals surface area contributed by atoms with Crippen LogP contribution in [0.15, 0.2) is 10.8 Å². The number of hydrogen-bond donors (Lipinski definition) is 2. The summed E-state index contributed by atoms with van der Waals surface area (Å²) in [6.45, 7) is 5.56. The van der Waals surface area contributed by atoms with Crippen molar-refractivity contribution >= 4 is 23.2 Å². The van der Waals surface area contributed by atoms with Crippen LogP contribution < -0.4 is 5.32 Å². The van der Waals surface area contributed by atoms with Crippen LogP contribution >= 0.6 is 11.3 Å². The first-order valence-electron chi connectivity index (χ1n) is 5.53. The fraction of sp³-hybridized carbons (Fsp3) is 0.500. The van der Waals surface area contributed by atoms with E-state index in [9.17, 15) is 9.59 Å². The number of rotatable bonds is 5. The Labute approximate surface area is 105 Å². The van der Waals surface area contributed by atoms with Gasteiger partial charge in [0, 0.05) is 5.38 Å². The molecule has 1 rings (SSSR count). The Hall–Kier alpha value is -1.36. The fourth-order valence-electron chi connectivity index (χ4n) is 1.50. The number of nitrogens with one attached hydrogen (secondary N) is 1. The summed E-state index contributed by atoms with van der Waals surface area (Å²) in [5.41, 5.74) is 1.44. The molecule has 0 saturated carbocycles. The van der Waals surface area contributed by atoms with E-state index in [1.54, 1.807) is 5.38 Å². The van der Waals surface area contributed by atoms with Crippen molar-refractivity contribution in [1.29, 1.82) is 0 Å². The highest BCUT2D eigenvalue weighted by Gasteiger charge is 2.26. The molecule has 2 N–H and O–H groups in total. The summed E-state index contributed by atoms with van der Waals surface area (Å²) in [6.07, 6.45) is 0.708. The third-order valence-electron chi connectivity index (χ3n) is 2.87. The minimum Gasteiger partial charge on any atom is -0.480 e. The van der Waals surface area contributed by atoms with E-state index in [-0.39, 0.29) is 11.8 Å². The number of aliphatic carboxylic acids is 1. The van der Waals surface area contributed by atoms with Crippen LogP contribution in [0.5, 0.6) is 0 Å². The van der Waals surface area contributed by atoms with Gasteiger partial charge in [-0.05, 0) is 23.8 Å². The Balaban J connectivity index is 2.78. The average Bonchev–Trinajstić information content (AvgIpc) is 2.70. The van der Waals surface area contributed by atoms with Gasteiger partial charge in [0.15, 0.2) is 0 Å². The van der Waals surface area contributed by atoms with Gasteiger partial charge in [0.05, 0.1) is 5.56 Å². The van der Waals surface area contributed by atoms with Crippen LogP contribution in [0.25, 0.3) is 0 Å². The van der Waals surface area contributed by atoms with Crippen LogP contribution in [0, 0.1) is 12.8 Å². The molecule has 94 valence electrons. The summed E-state index contributed by atoms with van der Waals surface area (Å²) in [5, 5.41) is 15.3. The molecule has 0 aromatic carbocycles. The van der Waals surface area contributed by atoms with E-state index in [0.29, 0.717) is 12.0 Å². The van der Waals surface area contributed by atoms with Crippen LogP contribution in [0.3, 0.4) is 0 Å². The normalized spacial score (nSPS) is 14.1. The number of carbonyl (C=O) groups excluding carboxylic acids is 1. The summed E-state index contributed by atoms with van der Waals surface area (Å²) in [7, 11) is 0. The molecular formula is C12H17NO3S. The van der Waals surface area contributed by atoms with Crippen molar-refractivity contribution < 1.29 is 14.7 Å². The summed E-state index contributed by atoms with van der Waals surface area (Å²) >= 11 is 1.44. The molecule has 1 heterocycles. The number of amides is 1. The first kappa shape index (κ1) is 13.7. The van der Waals surface area contributed by atoms with Gasteiger partial charge in [0.25, 0.3) is 5.91 Å². The molecular weight excluding hydrogens is 238 g/mol. The fourth-order valence-corrected chi connectivity index (χ4v) is 2.32. The van der Waals surface area contributed by atoms with Gasteiger partial charge in [-0.15, -0.1) is 0 Å². The standard InChI is InChI=1S/C12H17NO3S/c1-4-7(2)10(12(15)16)13-11(14)9-6-17-5-8(9)3/h5-7,10H,4H2,1-3H3,(H,13,14)(H,15,16)/t7-,10-/m0/s1. The zero-order valence-electron chi connectivity index (χ0n) is 10.2. The van der Waals surface area contributed by atoms with Crippen molar-refractivity contribution in [3.8, 4) is 0 Å². The number of carboxylic acids is 1. The van der Waals surface area contributed by atoms with Crippen LogP contribution in [0.2, 0.25) is 0 Å². The number of carboxylic acid groups (broad SMARTS) is 1. The predicted molar refractivity (Wildman–Crippen MR) is 67.4 cm³/mol. The maximum atomic E-state index is 11.9. The monoisotopic (exact) mass is 255 g/mol. The summed E-state index contributed by atoms with van der Waals surface area (Å²) in [4.78, 5) is 23.0. The molecule has 1 amide bonds. The second kappa shape index (κ2) is 5.82. The summed E-state index contributed by atoms with van der Waals surface area (Å²) < 4.78 is 0. The van der Waals surface area contributed by atoms with E-state index in [4.69, 9.17) is 5.11 Å². The van der Waals surface area contributed by atoms with Gasteiger partial charge in [-0.2, -0.15) is 11.3 Å². The van der Waals surface area contributed by atoms with Gasteiger partial charge in [0.2, 0.25) is 0 Å². The van der Waals surface area contributed by atoms with Crippen LogP contribution in [-0.2, 0) is 4.79 Å². The van der Waals surface area contributed by atoms with Gasteiger partial charge < -0.3 is 10.4 Å². The Morgan fingerprint density at radius 3 is 2.53 bits per heavy atom. The molecule has 0 spiro atoms. The largest absolute Gasteiger partial charge is 0.480 e. The molecule has 0 aliphatic rings. The molecule has 0 bridgehead atoms. The molecule has 1 aromatic rings. The van der Waals surface area contributed by atoms with Gasteiger partial charge in [-0.1, -0.05) is 20.3 Å². The average molecular weight is 255 g/mol. The van der Waals surface area contributed by atoms with E-state index in [1.165, 1.54) is 11.3 Å². The number of hydrogen-bond acceptors (Lipinski definition) is 3. The molecule has 0 fully saturated rings. The Morgan fingerprint density at radius 1 is 1.47 bits per heavy atom. The van der Waals surface area contributed by atoms with Gasteiger partial charge in [-0.3, -0.25) is 4.79 Å². The van der Waals surface area contributed by atoms with Crippen molar-refractivity contribution in [1.82, 2.24) is 5.32 Å². The SMILES string of the molecule is CC[C@H](C)[C@H](NC(=O)c1cscc1C)C(=O)O. The minimum atomic E-state index is -0.986. The molecule has 0 saturated heterocycles. The lowest BCUT2D eigenvalue weighted by atomic mass is 9.99. The predicted octanol–water partition coefficient (Wildman–Crippen LogP) is 2.29. The zero-order chi connectivity index (χ0) is 13.0. The topological polar surface area (TPSA) is 66.4 Å². The highest BCUT2D eigenvalue weighted by molar-refractivity contribution is 7.08. The number of carbonyl (C=O) groups is 2. The molecule has 4 nitrogen and oxygen atoms in total. The molecule has 5 heteroatoms. The second-order valence-electron chi connectivity index (χ2n) is 4.14. The van der Waals surface area contributed by atoms with Crippen LogP contribution in [-0.4, -0.2) is 23.0 Å². The molecule has 1 aromatic heterocycles. The lowest BCUT2D eigenvalue weighted by Gasteiger charge is -2.20. The zero-order valence-corrected chi connectivity index (χ0v) is 11.0. The van der Waals surface area contributed by atoms with E-state index < -0.39 is 12.0 Å². The Kier molecular flexibility index (Phi) is 4.69.